The molecule has 0 heterocycles. The average Bonchev–Trinajstić information content (AvgIpc) is 2.28. The van der Waals surface area contributed by atoms with Crippen LogP contribution in [0.3, 0.4) is 0 Å². The molecule has 0 atom stereocenters. The van der Waals surface area contributed by atoms with E-state index in [4.69, 9.17) is 10.00 Å². The fourth-order valence-electron chi connectivity index (χ4n) is 1.57. The molecule has 0 aliphatic heterocycles. The third kappa shape index (κ3) is 5.48. The number of rotatable bonds is 6. The molecule has 1 aromatic carbocycles. The molecule has 92 valence electrons. The van der Waals surface area contributed by atoms with Crippen molar-refractivity contribution in [1.29, 1.82) is 5.26 Å². The first kappa shape index (κ1) is 13.7. The second-order valence-corrected chi connectivity index (χ2v) is 4.47. The van der Waals surface area contributed by atoms with Crippen molar-refractivity contribution in [2.24, 2.45) is 0 Å². The van der Waals surface area contributed by atoms with Crippen molar-refractivity contribution >= 4 is 0 Å². The van der Waals surface area contributed by atoms with Crippen LogP contribution in [0, 0.1) is 11.3 Å². The van der Waals surface area contributed by atoms with E-state index in [0.717, 1.165) is 25.3 Å². The van der Waals surface area contributed by atoms with E-state index < -0.39 is 0 Å². The van der Waals surface area contributed by atoms with E-state index in [0.29, 0.717) is 5.56 Å². The summed E-state index contributed by atoms with van der Waals surface area (Å²) in [6.45, 7) is 6.56. The number of ether oxygens (including phenoxy) is 1. The number of hydrogen-bond donors (Lipinski definition) is 0. The topological polar surface area (TPSA) is 36.3 Å². The number of benzene rings is 1. The van der Waals surface area contributed by atoms with Gasteiger partial charge in [-0.1, -0.05) is 12.1 Å². The van der Waals surface area contributed by atoms with Gasteiger partial charge in [-0.05, 0) is 38.6 Å². The van der Waals surface area contributed by atoms with Crippen LogP contribution in [0.2, 0.25) is 0 Å². The molecule has 0 aromatic heterocycles. The molecule has 0 fully saturated rings. The minimum atomic E-state index is 0.283. The smallest absolute Gasteiger partial charge is 0.0991 e. The highest BCUT2D eigenvalue weighted by molar-refractivity contribution is 5.32. The molecule has 0 unspecified atom stereocenters. The van der Waals surface area contributed by atoms with Crippen LogP contribution in [0.5, 0.6) is 0 Å². The van der Waals surface area contributed by atoms with Gasteiger partial charge >= 0.3 is 0 Å². The Kier molecular flexibility index (Phi) is 5.68. The van der Waals surface area contributed by atoms with E-state index in [-0.39, 0.29) is 6.10 Å². The second-order valence-electron chi connectivity index (χ2n) is 4.47. The lowest BCUT2D eigenvalue weighted by Gasteiger charge is -2.17. The molecule has 0 bridgehead atoms. The first-order chi connectivity index (χ1) is 8.11. The predicted octanol–water partition coefficient (Wildman–Crippen LogP) is 2.42. The van der Waals surface area contributed by atoms with Gasteiger partial charge in [0.1, 0.15) is 0 Å². The van der Waals surface area contributed by atoms with Crippen molar-refractivity contribution in [2.45, 2.75) is 26.5 Å². The van der Waals surface area contributed by atoms with Crippen LogP contribution in [0.15, 0.2) is 24.3 Å². The summed E-state index contributed by atoms with van der Waals surface area (Å²) in [5, 5.41) is 8.82. The van der Waals surface area contributed by atoms with Crippen molar-refractivity contribution < 1.29 is 4.74 Å². The zero-order valence-electron chi connectivity index (χ0n) is 10.8. The summed E-state index contributed by atoms with van der Waals surface area (Å²) in [6, 6.07) is 9.88. The molecule has 0 saturated carbocycles. The Morgan fingerprint density at radius 1 is 1.41 bits per heavy atom. The maximum absolute atomic E-state index is 8.82. The molecule has 17 heavy (non-hydrogen) atoms. The van der Waals surface area contributed by atoms with Gasteiger partial charge in [0, 0.05) is 13.1 Å². The molecule has 3 heteroatoms. The molecule has 0 radical (unpaired) electrons. The summed E-state index contributed by atoms with van der Waals surface area (Å²) in [7, 11) is 2.06. The Bertz CT molecular complexity index is 382. The van der Waals surface area contributed by atoms with Gasteiger partial charge in [-0.15, -0.1) is 0 Å². The minimum Gasteiger partial charge on any atom is -0.377 e. The van der Waals surface area contributed by atoms with E-state index in [1.807, 2.05) is 38.1 Å². The third-order valence-corrected chi connectivity index (χ3v) is 2.43. The van der Waals surface area contributed by atoms with E-state index in [1.54, 1.807) is 0 Å². The molecule has 3 nitrogen and oxygen atoms in total. The molecular formula is C14H20N2O. The van der Waals surface area contributed by atoms with Gasteiger partial charge in [-0.3, -0.25) is 4.90 Å². The summed E-state index contributed by atoms with van der Waals surface area (Å²) in [4.78, 5) is 2.19. The molecule has 1 rings (SSSR count). The summed E-state index contributed by atoms with van der Waals surface area (Å²) >= 11 is 0. The summed E-state index contributed by atoms with van der Waals surface area (Å²) in [6.07, 6.45) is 0.283. The number of hydrogen-bond acceptors (Lipinski definition) is 3. The molecule has 0 aliphatic rings. The number of nitrogens with zero attached hydrogens (tertiary/aromatic N) is 2. The summed E-state index contributed by atoms with van der Waals surface area (Å²) in [5.74, 6) is 0. The van der Waals surface area contributed by atoms with Gasteiger partial charge in [0.2, 0.25) is 0 Å². The standard InChI is InChI=1S/C14H20N2O/c1-12(2)17-8-7-16(3)11-14-6-4-5-13(9-14)10-15/h4-6,9,12H,7-8,11H2,1-3H3. The summed E-state index contributed by atoms with van der Waals surface area (Å²) < 4.78 is 5.50. The van der Waals surface area contributed by atoms with Crippen LogP contribution < -0.4 is 0 Å². The van der Waals surface area contributed by atoms with Crippen molar-refractivity contribution in [1.82, 2.24) is 4.90 Å². The molecule has 0 spiro atoms. The van der Waals surface area contributed by atoms with Crippen LogP contribution in [-0.2, 0) is 11.3 Å². The zero-order valence-corrected chi connectivity index (χ0v) is 10.8. The Hall–Kier alpha value is -1.37. The highest BCUT2D eigenvalue weighted by Gasteiger charge is 2.02. The van der Waals surface area contributed by atoms with Gasteiger partial charge in [0.15, 0.2) is 0 Å². The second kappa shape index (κ2) is 7.05. The number of likely N-dealkylation sites (N-methyl/N-ethyl adjacent to an activating group) is 1. The van der Waals surface area contributed by atoms with E-state index in [1.165, 1.54) is 0 Å². The Balaban J connectivity index is 2.39. The maximum atomic E-state index is 8.82. The van der Waals surface area contributed by atoms with Crippen molar-refractivity contribution in [3.8, 4) is 6.07 Å². The molecule has 1 aromatic rings. The van der Waals surface area contributed by atoms with Crippen molar-refractivity contribution in [2.75, 3.05) is 20.2 Å². The highest BCUT2D eigenvalue weighted by atomic mass is 16.5. The van der Waals surface area contributed by atoms with Crippen LogP contribution in [0.4, 0.5) is 0 Å². The Morgan fingerprint density at radius 2 is 2.18 bits per heavy atom. The van der Waals surface area contributed by atoms with E-state index in [9.17, 15) is 0 Å². The molecular weight excluding hydrogens is 212 g/mol. The summed E-state index contributed by atoms with van der Waals surface area (Å²) in [5.41, 5.74) is 1.88. The van der Waals surface area contributed by atoms with Gasteiger partial charge in [-0.2, -0.15) is 5.26 Å². The normalized spacial score (nSPS) is 10.8. The molecule has 0 aliphatic carbocycles. The van der Waals surface area contributed by atoms with Crippen molar-refractivity contribution in [3.05, 3.63) is 35.4 Å². The van der Waals surface area contributed by atoms with E-state index in [2.05, 4.69) is 18.0 Å². The third-order valence-electron chi connectivity index (χ3n) is 2.43. The average molecular weight is 232 g/mol. The predicted molar refractivity (Wildman–Crippen MR) is 68.6 cm³/mol. The monoisotopic (exact) mass is 232 g/mol. The Morgan fingerprint density at radius 3 is 2.82 bits per heavy atom. The van der Waals surface area contributed by atoms with Gasteiger partial charge < -0.3 is 4.74 Å². The van der Waals surface area contributed by atoms with Crippen molar-refractivity contribution in [3.63, 3.8) is 0 Å². The quantitative estimate of drug-likeness (QED) is 0.755. The first-order valence-corrected chi connectivity index (χ1v) is 5.91. The molecule has 0 amide bonds. The first-order valence-electron chi connectivity index (χ1n) is 5.91. The SMILES string of the molecule is CC(C)OCCN(C)Cc1cccc(C#N)c1. The highest BCUT2D eigenvalue weighted by Crippen LogP contribution is 2.06. The van der Waals surface area contributed by atoms with Crippen LogP contribution in [-0.4, -0.2) is 31.2 Å². The lowest BCUT2D eigenvalue weighted by molar-refractivity contribution is 0.0627. The minimum absolute atomic E-state index is 0.283. The van der Waals surface area contributed by atoms with Gasteiger partial charge in [-0.25, -0.2) is 0 Å². The largest absolute Gasteiger partial charge is 0.377 e. The zero-order chi connectivity index (χ0) is 12.7. The van der Waals surface area contributed by atoms with E-state index >= 15 is 0 Å². The molecule has 0 saturated heterocycles. The Labute approximate surface area is 104 Å². The fourth-order valence-corrected chi connectivity index (χ4v) is 1.57. The van der Waals surface area contributed by atoms with Crippen LogP contribution >= 0.6 is 0 Å². The lowest BCUT2D eigenvalue weighted by atomic mass is 10.1. The lowest BCUT2D eigenvalue weighted by Crippen LogP contribution is -2.24. The van der Waals surface area contributed by atoms with Crippen LogP contribution in [0.25, 0.3) is 0 Å². The van der Waals surface area contributed by atoms with Crippen LogP contribution in [0.1, 0.15) is 25.0 Å². The number of nitriles is 1. The van der Waals surface area contributed by atoms with Gasteiger partial charge in [0.25, 0.3) is 0 Å². The fraction of sp³-hybridized carbons (Fsp3) is 0.500. The maximum Gasteiger partial charge on any atom is 0.0991 e. The van der Waals surface area contributed by atoms with Gasteiger partial charge in [0.05, 0.1) is 24.3 Å². The molecule has 0 N–H and O–H groups in total.